The molecule has 9 heteroatoms. The molecule has 2 rings (SSSR count). The maximum absolute atomic E-state index is 12.3. The Morgan fingerprint density at radius 1 is 0.968 bits per heavy atom. The lowest BCUT2D eigenvalue weighted by Crippen LogP contribution is -2.29. The number of nitrogens with two attached hydrogens (primary N) is 1. The van der Waals surface area contributed by atoms with Crippen molar-refractivity contribution < 1.29 is 28.7 Å². The van der Waals surface area contributed by atoms with Crippen LogP contribution < -0.4 is 21.1 Å². The second kappa shape index (κ2) is 10.8. The van der Waals surface area contributed by atoms with Gasteiger partial charge in [0.25, 0.3) is 5.91 Å². The predicted octanol–water partition coefficient (Wildman–Crippen LogP) is 2.26. The number of carbonyl (C=O) groups is 4. The van der Waals surface area contributed by atoms with Gasteiger partial charge in [0.05, 0.1) is 24.7 Å². The molecular weight excluding hydrogens is 402 g/mol. The molecule has 3 amide bonds. The first-order chi connectivity index (χ1) is 14.7. The minimum Gasteiger partial charge on any atom is -0.490 e. The summed E-state index contributed by atoms with van der Waals surface area (Å²) < 4.78 is 10.5. The minimum absolute atomic E-state index is 0.0502. The summed E-state index contributed by atoms with van der Waals surface area (Å²) >= 11 is 0. The number of esters is 1. The fourth-order valence-electron chi connectivity index (χ4n) is 2.67. The van der Waals surface area contributed by atoms with E-state index >= 15 is 0 Å². The van der Waals surface area contributed by atoms with Gasteiger partial charge in [-0.25, -0.2) is 0 Å². The molecule has 0 atom stereocenters. The molecule has 0 saturated carbocycles. The van der Waals surface area contributed by atoms with E-state index in [4.69, 9.17) is 15.2 Å². The van der Waals surface area contributed by atoms with E-state index in [0.717, 1.165) is 0 Å². The van der Waals surface area contributed by atoms with E-state index in [9.17, 15) is 19.2 Å². The van der Waals surface area contributed by atoms with Crippen LogP contribution in [0.5, 0.6) is 5.75 Å². The molecule has 0 unspecified atom stereocenters. The fourth-order valence-corrected chi connectivity index (χ4v) is 2.67. The topological polar surface area (TPSA) is 137 Å². The zero-order chi connectivity index (χ0) is 23.0. The van der Waals surface area contributed by atoms with Crippen LogP contribution in [0.4, 0.5) is 11.4 Å². The number of benzene rings is 2. The van der Waals surface area contributed by atoms with Crippen molar-refractivity contribution in [3.63, 3.8) is 0 Å². The van der Waals surface area contributed by atoms with Gasteiger partial charge in [0, 0.05) is 17.4 Å². The number of anilines is 2. The monoisotopic (exact) mass is 427 g/mol. The van der Waals surface area contributed by atoms with Crippen LogP contribution in [0.15, 0.2) is 42.5 Å². The summed E-state index contributed by atoms with van der Waals surface area (Å²) in [6.45, 7) is 5.55. The van der Waals surface area contributed by atoms with Crippen LogP contribution in [0.3, 0.4) is 0 Å². The Hall–Kier alpha value is -3.88. The Kier molecular flexibility index (Phi) is 8.13. The van der Waals surface area contributed by atoms with Gasteiger partial charge in [0.1, 0.15) is 5.75 Å². The van der Waals surface area contributed by atoms with Gasteiger partial charge in [-0.2, -0.15) is 0 Å². The highest BCUT2D eigenvalue weighted by atomic mass is 16.5. The maximum atomic E-state index is 12.3. The number of ether oxygens (including phenoxy) is 2. The van der Waals surface area contributed by atoms with Crippen molar-refractivity contribution in [2.75, 3.05) is 17.2 Å². The van der Waals surface area contributed by atoms with E-state index in [2.05, 4.69) is 10.6 Å². The van der Waals surface area contributed by atoms with E-state index in [0.29, 0.717) is 11.3 Å². The van der Waals surface area contributed by atoms with Crippen LogP contribution in [-0.2, 0) is 25.5 Å². The van der Waals surface area contributed by atoms with E-state index in [1.807, 2.05) is 0 Å². The third-order valence-corrected chi connectivity index (χ3v) is 3.91. The van der Waals surface area contributed by atoms with E-state index in [1.54, 1.807) is 45.0 Å². The van der Waals surface area contributed by atoms with Gasteiger partial charge in [0.2, 0.25) is 0 Å². The Balaban J connectivity index is 2.07. The standard InChI is InChI=1S/C22H25N3O6/c1-4-30-19(26)11-14-6-5-7-15(10-14)24-21(28)22(29)25-16-8-9-17(20(23)27)18(12-16)31-13(2)3/h5-10,12-13H,4,11H2,1-3H3,(H2,23,27)(H,24,28)(H,25,29). The SMILES string of the molecule is CCOC(=O)Cc1cccc(NC(=O)C(=O)Nc2ccc(C(N)=O)c(OC(C)C)c2)c1. The van der Waals surface area contributed by atoms with E-state index in [1.165, 1.54) is 18.2 Å². The van der Waals surface area contributed by atoms with Crippen LogP contribution >= 0.6 is 0 Å². The molecule has 0 saturated heterocycles. The zero-order valence-electron chi connectivity index (χ0n) is 17.6. The first kappa shape index (κ1) is 23.4. The highest BCUT2D eigenvalue weighted by Gasteiger charge is 2.17. The summed E-state index contributed by atoms with van der Waals surface area (Å²) in [7, 11) is 0. The summed E-state index contributed by atoms with van der Waals surface area (Å²) in [4.78, 5) is 47.7. The number of hydrogen-bond donors (Lipinski definition) is 3. The summed E-state index contributed by atoms with van der Waals surface area (Å²) in [5, 5.41) is 4.92. The van der Waals surface area contributed by atoms with Crippen LogP contribution in [0.2, 0.25) is 0 Å². The molecule has 0 heterocycles. The second-order valence-corrected chi connectivity index (χ2v) is 6.83. The summed E-state index contributed by atoms with van der Waals surface area (Å²) in [5.74, 6) is -2.68. The first-order valence-corrected chi connectivity index (χ1v) is 9.67. The van der Waals surface area contributed by atoms with Crippen molar-refractivity contribution in [2.24, 2.45) is 5.73 Å². The quantitative estimate of drug-likeness (QED) is 0.437. The lowest BCUT2D eigenvalue weighted by molar-refractivity contribution is -0.142. The van der Waals surface area contributed by atoms with Gasteiger partial charge in [-0.05, 0) is 50.6 Å². The van der Waals surface area contributed by atoms with Crippen molar-refractivity contribution in [3.05, 3.63) is 53.6 Å². The highest BCUT2D eigenvalue weighted by Crippen LogP contribution is 2.24. The normalized spacial score (nSPS) is 10.3. The second-order valence-electron chi connectivity index (χ2n) is 6.83. The molecule has 4 N–H and O–H groups in total. The number of amides is 3. The average molecular weight is 427 g/mol. The highest BCUT2D eigenvalue weighted by molar-refractivity contribution is 6.43. The van der Waals surface area contributed by atoms with Crippen LogP contribution in [0, 0.1) is 0 Å². The lowest BCUT2D eigenvalue weighted by atomic mass is 10.1. The summed E-state index contributed by atoms with van der Waals surface area (Å²) in [6, 6.07) is 10.8. The minimum atomic E-state index is -0.918. The molecule has 0 aliphatic rings. The van der Waals surface area contributed by atoms with Gasteiger partial charge in [-0.3, -0.25) is 19.2 Å². The van der Waals surface area contributed by atoms with Crippen LogP contribution in [-0.4, -0.2) is 36.4 Å². The molecule has 0 radical (unpaired) electrons. The molecule has 2 aromatic rings. The molecular formula is C22H25N3O6. The third kappa shape index (κ3) is 7.14. The van der Waals surface area contributed by atoms with E-state index in [-0.39, 0.29) is 42.1 Å². The third-order valence-electron chi connectivity index (χ3n) is 3.91. The van der Waals surface area contributed by atoms with Gasteiger partial charge in [-0.15, -0.1) is 0 Å². The largest absolute Gasteiger partial charge is 0.490 e. The molecule has 31 heavy (non-hydrogen) atoms. The lowest BCUT2D eigenvalue weighted by Gasteiger charge is -2.14. The number of rotatable bonds is 8. The fraction of sp³-hybridized carbons (Fsp3) is 0.273. The molecule has 0 bridgehead atoms. The average Bonchev–Trinajstić information content (AvgIpc) is 2.67. The van der Waals surface area contributed by atoms with Crippen molar-refractivity contribution in [3.8, 4) is 5.75 Å². The molecule has 164 valence electrons. The van der Waals surface area contributed by atoms with Crippen molar-refractivity contribution in [1.29, 1.82) is 0 Å². The molecule has 0 aliphatic carbocycles. The summed E-state index contributed by atoms with van der Waals surface area (Å²) in [5.41, 5.74) is 6.75. The maximum Gasteiger partial charge on any atom is 0.314 e. The van der Waals surface area contributed by atoms with Crippen molar-refractivity contribution >= 4 is 35.1 Å². The first-order valence-electron chi connectivity index (χ1n) is 9.67. The zero-order valence-corrected chi connectivity index (χ0v) is 17.6. The Morgan fingerprint density at radius 2 is 1.61 bits per heavy atom. The van der Waals surface area contributed by atoms with Crippen molar-refractivity contribution in [2.45, 2.75) is 33.3 Å². The number of carbonyl (C=O) groups excluding carboxylic acids is 4. The predicted molar refractivity (Wildman–Crippen MR) is 115 cm³/mol. The Labute approximate surface area is 179 Å². The molecule has 0 aliphatic heterocycles. The van der Waals surface area contributed by atoms with Gasteiger partial charge in [-0.1, -0.05) is 12.1 Å². The molecule has 0 spiro atoms. The number of hydrogen-bond acceptors (Lipinski definition) is 6. The smallest absolute Gasteiger partial charge is 0.314 e. The molecule has 9 nitrogen and oxygen atoms in total. The van der Waals surface area contributed by atoms with Crippen LogP contribution in [0.1, 0.15) is 36.7 Å². The molecule has 0 fully saturated rings. The number of primary amides is 1. The molecule has 2 aromatic carbocycles. The van der Waals surface area contributed by atoms with Gasteiger partial charge in [0.15, 0.2) is 0 Å². The van der Waals surface area contributed by atoms with Gasteiger partial charge < -0.3 is 25.8 Å². The van der Waals surface area contributed by atoms with Gasteiger partial charge >= 0.3 is 17.8 Å². The summed E-state index contributed by atoms with van der Waals surface area (Å²) in [6.07, 6.45) is -0.177. The van der Waals surface area contributed by atoms with Crippen LogP contribution in [0.25, 0.3) is 0 Å². The van der Waals surface area contributed by atoms with E-state index < -0.39 is 17.7 Å². The number of nitrogens with one attached hydrogen (secondary N) is 2. The molecule has 0 aromatic heterocycles. The Morgan fingerprint density at radius 3 is 2.19 bits per heavy atom. The Bertz CT molecular complexity index is 987. The van der Waals surface area contributed by atoms with Crippen molar-refractivity contribution in [1.82, 2.24) is 0 Å².